The summed E-state index contributed by atoms with van der Waals surface area (Å²) in [5.41, 5.74) is -0.485. The number of carbonyl (C=O) groups excluding carboxylic acids is 2. The summed E-state index contributed by atoms with van der Waals surface area (Å²) in [5.74, 6) is -1.38. The second-order valence-electron chi connectivity index (χ2n) is 3.64. The second kappa shape index (κ2) is 7.07. The fraction of sp³-hybridized carbons (Fsp3) is 0.333. The van der Waals surface area contributed by atoms with Gasteiger partial charge in [0.1, 0.15) is 0 Å². The van der Waals surface area contributed by atoms with E-state index in [2.05, 4.69) is 0 Å². The summed E-state index contributed by atoms with van der Waals surface area (Å²) in [7, 11) is 0. The Kier molecular flexibility index (Phi) is 5.45. The fourth-order valence-electron chi connectivity index (χ4n) is 1.20. The van der Waals surface area contributed by atoms with Gasteiger partial charge in [0.05, 0.1) is 4.92 Å². The number of rotatable bonds is 6. The normalized spacial score (nSPS) is 9.70. The van der Waals surface area contributed by atoms with Gasteiger partial charge in [0.2, 0.25) is 0 Å². The third-order valence-electron chi connectivity index (χ3n) is 2.22. The van der Waals surface area contributed by atoms with Gasteiger partial charge in [0, 0.05) is 18.9 Å². The molecule has 8 nitrogen and oxygen atoms in total. The lowest BCUT2D eigenvalue weighted by Gasteiger charge is -2.20. The molecule has 0 unspecified atom stereocenters. The van der Waals surface area contributed by atoms with Crippen LogP contribution in [0, 0.1) is 10.1 Å². The van der Waals surface area contributed by atoms with Crippen molar-refractivity contribution < 1.29 is 24.2 Å². The molecule has 0 heterocycles. The molecule has 108 valence electrons. The van der Waals surface area contributed by atoms with Crippen molar-refractivity contribution in [2.75, 3.05) is 5.23 Å². The Balaban J connectivity index is 3.12. The summed E-state index contributed by atoms with van der Waals surface area (Å²) >= 11 is 0. The Morgan fingerprint density at radius 3 is 2.10 bits per heavy atom. The number of nitro groups is 1. The van der Waals surface area contributed by atoms with Gasteiger partial charge < -0.3 is 9.68 Å². The lowest BCUT2D eigenvalue weighted by molar-refractivity contribution is -0.384. The number of benzene rings is 1. The smallest absolute Gasteiger partial charge is 0.306 e. The maximum absolute atomic E-state index is 11.3. The van der Waals surface area contributed by atoms with Crippen molar-refractivity contribution in [3.8, 4) is 0 Å². The minimum Gasteiger partial charge on any atom is -0.306 e. The Hall–Kier alpha value is -2.64. The summed E-state index contributed by atoms with van der Waals surface area (Å²) < 4.78 is 0. The zero-order valence-electron chi connectivity index (χ0n) is 11.1. The van der Waals surface area contributed by atoms with E-state index in [4.69, 9.17) is 9.68 Å². The molecule has 0 aliphatic heterocycles. The van der Waals surface area contributed by atoms with Gasteiger partial charge in [-0.2, -0.15) is 0 Å². The molecular weight excluding hydrogens is 268 g/mol. The van der Waals surface area contributed by atoms with Crippen molar-refractivity contribution in [1.29, 1.82) is 0 Å². The first-order chi connectivity index (χ1) is 9.49. The molecule has 20 heavy (non-hydrogen) atoms. The molecule has 0 atom stereocenters. The van der Waals surface area contributed by atoms with Gasteiger partial charge >= 0.3 is 11.9 Å². The number of anilines is 1. The summed E-state index contributed by atoms with van der Waals surface area (Å²) in [6.07, 6.45) is 0.0572. The average Bonchev–Trinajstić information content (AvgIpc) is 2.46. The number of para-hydroxylation sites is 2. The van der Waals surface area contributed by atoms with Gasteiger partial charge in [-0.25, -0.2) is 9.59 Å². The standard InChI is InChI=1S/C12H14N2O6/c1-3-11(15)19-14(20-12(16)4-2)10-8-6-5-7-9(10)13(17)18/h5-8H,3-4H2,1-2H3. The molecule has 0 spiro atoms. The Bertz CT molecular complexity index is 498. The van der Waals surface area contributed by atoms with Crippen molar-refractivity contribution in [1.82, 2.24) is 0 Å². The Morgan fingerprint density at radius 2 is 1.65 bits per heavy atom. The Morgan fingerprint density at radius 1 is 1.15 bits per heavy atom. The van der Waals surface area contributed by atoms with Crippen LogP contribution in [0.25, 0.3) is 0 Å². The molecule has 8 heteroatoms. The molecule has 1 aromatic carbocycles. The van der Waals surface area contributed by atoms with Crippen LogP contribution in [0.1, 0.15) is 26.7 Å². The number of hydrogen-bond donors (Lipinski definition) is 0. The molecular formula is C12H14N2O6. The van der Waals surface area contributed by atoms with Crippen LogP contribution in [-0.4, -0.2) is 16.9 Å². The number of carbonyl (C=O) groups is 2. The van der Waals surface area contributed by atoms with E-state index in [0.29, 0.717) is 5.23 Å². The van der Waals surface area contributed by atoms with Crippen molar-refractivity contribution in [2.24, 2.45) is 0 Å². The zero-order chi connectivity index (χ0) is 15.1. The first kappa shape index (κ1) is 15.4. The van der Waals surface area contributed by atoms with Gasteiger partial charge in [0.25, 0.3) is 5.69 Å². The van der Waals surface area contributed by atoms with Gasteiger partial charge in [0.15, 0.2) is 5.69 Å². The van der Waals surface area contributed by atoms with Crippen LogP contribution in [-0.2, 0) is 19.3 Å². The van der Waals surface area contributed by atoms with Crippen LogP contribution >= 0.6 is 0 Å². The molecule has 1 aromatic rings. The van der Waals surface area contributed by atoms with Crippen LogP contribution in [0.4, 0.5) is 11.4 Å². The summed E-state index contributed by atoms with van der Waals surface area (Å²) in [6.45, 7) is 3.09. The van der Waals surface area contributed by atoms with E-state index < -0.39 is 16.9 Å². The molecule has 0 radical (unpaired) electrons. The van der Waals surface area contributed by atoms with E-state index in [1.54, 1.807) is 13.8 Å². The van der Waals surface area contributed by atoms with E-state index in [1.165, 1.54) is 24.3 Å². The highest BCUT2D eigenvalue weighted by atomic mass is 17.0. The Labute approximate surface area is 114 Å². The predicted octanol–water partition coefficient (Wildman–Crippen LogP) is 2.14. The van der Waals surface area contributed by atoms with Gasteiger partial charge in [-0.15, -0.1) is 0 Å². The fourth-order valence-corrected chi connectivity index (χ4v) is 1.20. The highest BCUT2D eigenvalue weighted by molar-refractivity contribution is 5.74. The number of nitro benzene ring substituents is 1. The molecule has 0 amide bonds. The van der Waals surface area contributed by atoms with E-state index in [-0.39, 0.29) is 24.2 Å². The molecule has 0 saturated carbocycles. The highest BCUT2D eigenvalue weighted by Crippen LogP contribution is 2.28. The molecule has 0 fully saturated rings. The molecule has 1 rings (SSSR count). The van der Waals surface area contributed by atoms with Crippen molar-refractivity contribution in [2.45, 2.75) is 26.7 Å². The molecule has 0 aromatic heterocycles. The molecule has 0 aliphatic rings. The minimum atomic E-state index is -0.688. The van der Waals surface area contributed by atoms with Crippen LogP contribution in [0.3, 0.4) is 0 Å². The predicted molar refractivity (Wildman–Crippen MR) is 68.3 cm³/mol. The highest BCUT2D eigenvalue weighted by Gasteiger charge is 2.25. The van der Waals surface area contributed by atoms with E-state index in [9.17, 15) is 19.7 Å². The zero-order valence-corrected chi connectivity index (χ0v) is 11.1. The first-order valence-corrected chi connectivity index (χ1v) is 5.94. The quantitative estimate of drug-likeness (QED) is 0.582. The van der Waals surface area contributed by atoms with Gasteiger partial charge in [-0.05, 0) is 11.3 Å². The van der Waals surface area contributed by atoms with Crippen molar-refractivity contribution in [3.05, 3.63) is 34.4 Å². The lowest BCUT2D eigenvalue weighted by Crippen LogP contribution is -2.30. The van der Waals surface area contributed by atoms with Crippen LogP contribution < -0.4 is 5.23 Å². The first-order valence-electron chi connectivity index (χ1n) is 5.94. The average molecular weight is 282 g/mol. The maximum atomic E-state index is 11.3. The number of nitrogens with zero attached hydrogens (tertiary/aromatic N) is 2. The third-order valence-corrected chi connectivity index (χ3v) is 2.22. The molecule has 0 N–H and O–H groups in total. The lowest BCUT2D eigenvalue weighted by atomic mass is 10.3. The topological polar surface area (TPSA) is 99.0 Å². The number of hydrogen-bond acceptors (Lipinski definition) is 7. The van der Waals surface area contributed by atoms with Crippen molar-refractivity contribution in [3.63, 3.8) is 0 Å². The minimum absolute atomic E-state index is 0.0286. The second-order valence-corrected chi connectivity index (χ2v) is 3.64. The monoisotopic (exact) mass is 282 g/mol. The van der Waals surface area contributed by atoms with E-state index >= 15 is 0 Å². The molecule has 0 saturated heterocycles. The largest absolute Gasteiger partial charge is 0.336 e. The summed E-state index contributed by atoms with van der Waals surface area (Å²) in [5, 5.41) is 11.4. The summed E-state index contributed by atoms with van der Waals surface area (Å²) in [4.78, 5) is 42.5. The van der Waals surface area contributed by atoms with Crippen LogP contribution in [0.15, 0.2) is 24.3 Å². The molecule has 0 aliphatic carbocycles. The van der Waals surface area contributed by atoms with E-state index in [0.717, 1.165) is 0 Å². The van der Waals surface area contributed by atoms with E-state index in [1.807, 2.05) is 0 Å². The van der Waals surface area contributed by atoms with Gasteiger partial charge in [-0.1, -0.05) is 26.0 Å². The van der Waals surface area contributed by atoms with Crippen LogP contribution in [0.2, 0.25) is 0 Å². The third kappa shape index (κ3) is 3.94. The summed E-state index contributed by atoms with van der Waals surface area (Å²) in [6, 6.07) is 5.46. The maximum Gasteiger partial charge on any atom is 0.336 e. The van der Waals surface area contributed by atoms with Gasteiger partial charge in [-0.3, -0.25) is 10.1 Å². The van der Waals surface area contributed by atoms with Crippen molar-refractivity contribution >= 4 is 23.3 Å². The molecule has 0 bridgehead atoms. The SMILES string of the molecule is CCC(=O)ON(OC(=O)CC)c1ccccc1[N+](=O)[O-]. The van der Waals surface area contributed by atoms with Crippen LogP contribution in [0.5, 0.6) is 0 Å².